The molecular weight excluding hydrogens is 152 g/mol. The molecule has 1 fully saturated rings. The Morgan fingerprint density at radius 3 is 2.67 bits per heavy atom. The lowest BCUT2D eigenvalue weighted by Crippen LogP contribution is -2.44. The molecule has 3 nitrogen and oxygen atoms in total. The maximum atomic E-state index is 11.5. The van der Waals surface area contributed by atoms with Crippen LogP contribution in [0.1, 0.15) is 19.8 Å². The largest absolute Gasteiger partial charge is 0.331 e. The van der Waals surface area contributed by atoms with Crippen molar-refractivity contribution in [3.05, 3.63) is 0 Å². The molecule has 3 heteroatoms. The predicted octanol–water partition coefficient (Wildman–Crippen LogP) is 1.40. The van der Waals surface area contributed by atoms with Gasteiger partial charge in [-0.15, -0.1) is 0 Å². The van der Waals surface area contributed by atoms with Crippen LogP contribution in [0.15, 0.2) is 0 Å². The Bertz CT molecular complexity index is 168. The Morgan fingerprint density at radius 2 is 2.17 bits per heavy atom. The van der Waals surface area contributed by atoms with E-state index in [1.54, 1.807) is 4.90 Å². The number of carbonyl (C=O) groups is 1. The zero-order chi connectivity index (χ0) is 9.14. The van der Waals surface area contributed by atoms with Gasteiger partial charge in [0.1, 0.15) is 0 Å². The van der Waals surface area contributed by atoms with Crippen molar-refractivity contribution >= 4 is 6.03 Å². The molecule has 0 aliphatic carbocycles. The van der Waals surface area contributed by atoms with E-state index in [1.165, 1.54) is 6.42 Å². The Morgan fingerprint density at radius 1 is 1.50 bits per heavy atom. The van der Waals surface area contributed by atoms with Gasteiger partial charge in [0.15, 0.2) is 0 Å². The van der Waals surface area contributed by atoms with Crippen molar-refractivity contribution in [1.29, 1.82) is 0 Å². The smallest absolute Gasteiger partial charge is 0.319 e. The third kappa shape index (κ3) is 2.13. The van der Waals surface area contributed by atoms with Crippen LogP contribution in [-0.2, 0) is 0 Å². The number of carbonyl (C=O) groups excluding carboxylic acids is 1. The molecule has 1 heterocycles. The van der Waals surface area contributed by atoms with Crippen LogP contribution in [0.2, 0.25) is 0 Å². The summed E-state index contributed by atoms with van der Waals surface area (Å²) in [4.78, 5) is 15.1. The van der Waals surface area contributed by atoms with Crippen LogP contribution in [0.25, 0.3) is 0 Å². The summed E-state index contributed by atoms with van der Waals surface area (Å²) in [6.45, 7) is 4.06. The Balaban J connectivity index is 2.46. The van der Waals surface area contributed by atoms with Crippen LogP contribution in [0.3, 0.4) is 0 Å². The molecule has 70 valence electrons. The molecule has 1 atom stereocenters. The molecule has 12 heavy (non-hydrogen) atoms. The SMILES string of the molecule is C[C@H]1CCCN(C(=O)N(C)C)C1. The summed E-state index contributed by atoms with van der Waals surface area (Å²) >= 11 is 0. The number of amides is 2. The van der Waals surface area contributed by atoms with Gasteiger partial charge in [-0.25, -0.2) is 4.79 Å². The fourth-order valence-electron chi connectivity index (χ4n) is 1.65. The second-order valence-corrected chi connectivity index (χ2v) is 3.87. The number of urea groups is 1. The first kappa shape index (κ1) is 9.36. The third-order valence-corrected chi connectivity index (χ3v) is 2.31. The summed E-state index contributed by atoms with van der Waals surface area (Å²) in [5, 5.41) is 0. The molecule has 0 spiro atoms. The van der Waals surface area contributed by atoms with Gasteiger partial charge < -0.3 is 9.80 Å². The number of nitrogens with zero attached hydrogens (tertiary/aromatic N) is 2. The number of hydrogen-bond acceptors (Lipinski definition) is 1. The van der Waals surface area contributed by atoms with Crippen LogP contribution in [0.5, 0.6) is 0 Å². The second-order valence-electron chi connectivity index (χ2n) is 3.87. The molecular formula is C9H18N2O. The van der Waals surface area contributed by atoms with Crippen molar-refractivity contribution in [2.45, 2.75) is 19.8 Å². The average Bonchev–Trinajstić information content (AvgIpc) is 2.03. The van der Waals surface area contributed by atoms with Crippen molar-refractivity contribution in [3.8, 4) is 0 Å². The lowest BCUT2D eigenvalue weighted by atomic mass is 10.0. The number of hydrogen-bond donors (Lipinski definition) is 0. The van der Waals surface area contributed by atoms with E-state index in [4.69, 9.17) is 0 Å². The van der Waals surface area contributed by atoms with Crippen molar-refractivity contribution in [3.63, 3.8) is 0 Å². The van der Waals surface area contributed by atoms with E-state index in [2.05, 4.69) is 6.92 Å². The molecule has 1 saturated heterocycles. The average molecular weight is 170 g/mol. The summed E-state index contributed by atoms with van der Waals surface area (Å²) in [7, 11) is 3.61. The summed E-state index contributed by atoms with van der Waals surface area (Å²) in [6, 6.07) is 0.154. The molecule has 0 aromatic carbocycles. The van der Waals surface area contributed by atoms with Gasteiger partial charge >= 0.3 is 6.03 Å². The topological polar surface area (TPSA) is 23.6 Å². The maximum Gasteiger partial charge on any atom is 0.319 e. The van der Waals surface area contributed by atoms with Gasteiger partial charge in [0.2, 0.25) is 0 Å². The van der Waals surface area contributed by atoms with E-state index in [0.717, 1.165) is 19.5 Å². The van der Waals surface area contributed by atoms with Crippen LogP contribution >= 0.6 is 0 Å². The second kappa shape index (κ2) is 3.78. The summed E-state index contributed by atoms with van der Waals surface area (Å²) < 4.78 is 0. The van der Waals surface area contributed by atoms with E-state index >= 15 is 0 Å². The summed E-state index contributed by atoms with van der Waals surface area (Å²) in [5.74, 6) is 0.669. The van der Waals surface area contributed by atoms with Crippen molar-refractivity contribution in [2.24, 2.45) is 5.92 Å². The highest BCUT2D eigenvalue weighted by molar-refractivity contribution is 5.73. The Hall–Kier alpha value is -0.730. The van der Waals surface area contributed by atoms with E-state index in [-0.39, 0.29) is 6.03 Å². The minimum atomic E-state index is 0.154. The minimum absolute atomic E-state index is 0.154. The Labute approximate surface area is 74.3 Å². The van der Waals surface area contributed by atoms with Gasteiger partial charge in [-0.2, -0.15) is 0 Å². The van der Waals surface area contributed by atoms with Crippen LogP contribution < -0.4 is 0 Å². The highest BCUT2D eigenvalue weighted by Crippen LogP contribution is 2.15. The molecule has 1 rings (SSSR count). The fraction of sp³-hybridized carbons (Fsp3) is 0.889. The molecule has 1 aliphatic heterocycles. The highest BCUT2D eigenvalue weighted by Gasteiger charge is 2.21. The van der Waals surface area contributed by atoms with Crippen molar-refractivity contribution < 1.29 is 4.79 Å². The standard InChI is InChI=1S/C9H18N2O/c1-8-5-4-6-11(7-8)9(12)10(2)3/h8H,4-7H2,1-3H3/t8-/m0/s1. The number of piperidine rings is 1. The van der Waals surface area contributed by atoms with Crippen LogP contribution in [-0.4, -0.2) is 43.0 Å². The first-order valence-corrected chi connectivity index (χ1v) is 4.57. The minimum Gasteiger partial charge on any atom is -0.331 e. The number of rotatable bonds is 0. The molecule has 0 aromatic rings. The van der Waals surface area contributed by atoms with E-state index in [0.29, 0.717) is 5.92 Å². The van der Waals surface area contributed by atoms with Crippen molar-refractivity contribution in [1.82, 2.24) is 9.80 Å². The quantitative estimate of drug-likeness (QED) is 0.539. The fourth-order valence-corrected chi connectivity index (χ4v) is 1.65. The van der Waals surface area contributed by atoms with E-state index in [9.17, 15) is 4.79 Å². The molecule has 2 amide bonds. The van der Waals surface area contributed by atoms with Crippen LogP contribution in [0.4, 0.5) is 4.79 Å². The van der Waals surface area contributed by atoms with Gasteiger partial charge in [-0.1, -0.05) is 6.92 Å². The normalized spacial score (nSPS) is 23.9. The summed E-state index contributed by atoms with van der Waals surface area (Å²) in [5.41, 5.74) is 0. The van der Waals surface area contributed by atoms with Crippen LogP contribution in [0, 0.1) is 5.92 Å². The van der Waals surface area contributed by atoms with Gasteiger partial charge in [0.25, 0.3) is 0 Å². The molecule has 0 saturated carbocycles. The number of likely N-dealkylation sites (tertiary alicyclic amines) is 1. The Kier molecular flexibility index (Phi) is 2.95. The highest BCUT2D eigenvalue weighted by atomic mass is 16.2. The zero-order valence-electron chi connectivity index (χ0n) is 8.21. The molecule has 0 unspecified atom stereocenters. The van der Waals surface area contributed by atoms with E-state index < -0.39 is 0 Å². The van der Waals surface area contributed by atoms with Gasteiger partial charge in [-0.3, -0.25) is 0 Å². The molecule has 0 bridgehead atoms. The van der Waals surface area contributed by atoms with Gasteiger partial charge in [0, 0.05) is 27.2 Å². The predicted molar refractivity (Wildman–Crippen MR) is 49.1 cm³/mol. The molecule has 0 radical (unpaired) electrons. The monoisotopic (exact) mass is 170 g/mol. The molecule has 0 N–H and O–H groups in total. The molecule has 1 aliphatic rings. The first-order chi connectivity index (χ1) is 5.61. The zero-order valence-corrected chi connectivity index (χ0v) is 8.21. The van der Waals surface area contributed by atoms with E-state index in [1.807, 2.05) is 19.0 Å². The summed E-state index contributed by atoms with van der Waals surface area (Å²) in [6.07, 6.45) is 2.41. The van der Waals surface area contributed by atoms with Gasteiger partial charge in [0.05, 0.1) is 0 Å². The van der Waals surface area contributed by atoms with Gasteiger partial charge in [-0.05, 0) is 18.8 Å². The lowest BCUT2D eigenvalue weighted by molar-refractivity contribution is 0.146. The lowest BCUT2D eigenvalue weighted by Gasteiger charge is -2.32. The molecule has 0 aromatic heterocycles. The third-order valence-electron chi connectivity index (χ3n) is 2.31. The first-order valence-electron chi connectivity index (χ1n) is 4.57. The maximum absolute atomic E-state index is 11.5. The van der Waals surface area contributed by atoms with Crippen molar-refractivity contribution in [2.75, 3.05) is 27.2 Å².